The second-order valence-corrected chi connectivity index (χ2v) is 6.72. The quantitative estimate of drug-likeness (QED) is 0.789. The van der Waals surface area contributed by atoms with Crippen LogP contribution in [0.4, 0.5) is 10.1 Å². The zero-order valence-electron chi connectivity index (χ0n) is 13.3. The number of fused-ring (bicyclic) bond motifs is 1. The molecule has 0 aliphatic heterocycles. The van der Waals surface area contributed by atoms with E-state index in [1.54, 1.807) is 6.07 Å². The summed E-state index contributed by atoms with van der Waals surface area (Å²) in [6, 6.07) is 5.68. The molecule has 0 unspecified atom stereocenters. The molecule has 0 saturated carbocycles. The predicted octanol–water partition coefficient (Wildman–Crippen LogP) is 3.24. The number of hydrogen-bond donors (Lipinski definition) is 1. The number of benzene rings is 1. The summed E-state index contributed by atoms with van der Waals surface area (Å²) < 4.78 is 14.5. The van der Waals surface area contributed by atoms with E-state index in [9.17, 15) is 14.0 Å². The average molecular weight is 345 g/mol. The Balaban J connectivity index is 1.74. The second-order valence-electron chi connectivity index (χ2n) is 5.52. The van der Waals surface area contributed by atoms with E-state index < -0.39 is 5.82 Å². The molecular formula is C17H16FN3O2S. The number of nitrogens with one attached hydrogen (secondary N) is 1. The van der Waals surface area contributed by atoms with Gasteiger partial charge in [-0.05, 0) is 37.6 Å². The number of hydrogen-bond acceptors (Lipinski definition) is 4. The molecule has 0 radical (unpaired) electrons. The van der Waals surface area contributed by atoms with Crippen LogP contribution in [0.15, 0.2) is 35.4 Å². The maximum Gasteiger partial charge on any atom is 0.262 e. The minimum Gasteiger partial charge on any atom is -0.326 e. The van der Waals surface area contributed by atoms with Crippen molar-refractivity contribution in [2.45, 2.75) is 26.8 Å². The van der Waals surface area contributed by atoms with Crippen LogP contribution in [0.5, 0.6) is 0 Å². The van der Waals surface area contributed by atoms with Crippen molar-refractivity contribution in [2.24, 2.45) is 0 Å². The van der Waals surface area contributed by atoms with Gasteiger partial charge in [-0.2, -0.15) is 0 Å². The Morgan fingerprint density at radius 2 is 2.17 bits per heavy atom. The fraction of sp³-hybridized carbons (Fsp3) is 0.235. The standard InChI is InChI=1S/C17H16FN3O2S/c1-10-11(2)24-16-15(10)17(23)21(9-19-16)7-6-14(22)20-13-5-3-4-12(18)8-13/h3-5,8-9H,6-7H2,1-2H3,(H,20,22). The Morgan fingerprint density at radius 1 is 1.38 bits per heavy atom. The molecule has 3 aromatic rings. The first kappa shape index (κ1) is 16.3. The van der Waals surface area contributed by atoms with Crippen molar-refractivity contribution in [2.75, 3.05) is 5.32 Å². The van der Waals surface area contributed by atoms with Gasteiger partial charge in [-0.1, -0.05) is 6.07 Å². The smallest absolute Gasteiger partial charge is 0.262 e. The van der Waals surface area contributed by atoms with Crippen LogP contribution in [0.2, 0.25) is 0 Å². The van der Waals surface area contributed by atoms with Crippen molar-refractivity contribution >= 4 is 33.1 Å². The van der Waals surface area contributed by atoms with E-state index in [0.29, 0.717) is 11.1 Å². The van der Waals surface area contributed by atoms with Crippen molar-refractivity contribution in [3.8, 4) is 0 Å². The topological polar surface area (TPSA) is 64.0 Å². The number of anilines is 1. The van der Waals surface area contributed by atoms with Gasteiger partial charge in [-0.3, -0.25) is 14.2 Å². The van der Waals surface area contributed by atoms with E-state index in [1.165, 1.54) is 40.4 Å². The predicted molar refractivity (Wildman–Crippen MR) is 93.0 cm³/mol. The molecule has 2 heterocycles. The third kappa shape index (κ3) is 3.21. The van der Waals surface area contributed by atoms with Crippen molar-refractivity contribution in [1.29, 1.82) is 0 Å². The zero-order chi connectivity index (χ0) is 17.3. The molecule has 1 N–H and O–H groups in total. The first-order chi connectivity index (χ1) is 11.5. The fourth-order valence-electron chi connectivity index (χ4n) is 2.44. The molecule has 0 spiro atoms. The molecule has 0 bridgehead atoms. The van der Waals surface area contributed by atoms with E-state index in [0.717, 1.165) is 15.3 Å². The third-order valence-electron chi connectivity index (χ3n) is 3.84. The van der Waals surface area contributed by atoms with Crippen molar-refractivity contribution < 1.29 is 9.18 Å². The van der Waals surface area contributed by atoms with Gasteiger partial charge in [0.15, 0.2) is 0 Å². The molecule has 5 nitrogen and oxygen atoms in total. The van der Waals surface area contributed by atoms with Crippen molar-refractivity contribution in [1.82, 2.24) is 9.55 Å². The number of carbonyl (C=O) groups is 1. The van der Waals surface area contributed by atoms with Crippen LogP contribution < -0.4 is 10.9 Å². The number of rotatable bonds is 4. The number of aryl methyl sites for hydroxylation is 3. The Hall–Kier alpha value is -2.54. The second kappa shape index (κ2) is 6.52. The molecule has 124 valence electrons. The van der Waals surface area contributed by atoms with E-state index in [1.807, 2.05) is 13.8 Å². The number of nitrogens with zero attached hydrogens (tertiary/aromatic N) is 2. The highest BCUT2D eigenvalue weighted by molar-refractivity contribution is 7.18. The molecule has 0 fully saturated rings. The van der Waals surface area contributed by atoms with Crippen molar-refractivity contribution in [3.05, 3.63) is 57.2 Å². The van der Waals surface area contributed by atoms with Crippen LogP contribution in [-0.4, -0.2) is 15.5 Å². The van der Waals surface area contributed by atoms with E-state index in [2.05, 4.69) is 10.3 Å². The van der Waals surface area contributed by atoms with Crippen LogP contribution in [0.1, 0.15) is 16.9 Å². The van der Waals surface area contributed by atoms with Gasteiger partial charge in [0.1, 0.15) is 10.6 Å². The maximum absolute atomic E-state index is 13.1. The summed E-state index contributed by atoms with van der Waals surface area (Å²) in [5.41, 5.74) is 1.19. The first-order valence-corrected chi connectivity index (χ1v) is 8.28. The van der Waals surface area contributed by atoms with Gasteiger partial charge in [0.25, 0.3) is 5.56 Å². The van der Waals surface area contributed by atoms with E-state index >= 15 is 0 Å². The van der Waals surface area contributed by atoms with Crippen LogP contribution in [-0.2, 0) is 11.3 Å². The molecule has 1 amide bonds. The number of amides is 1. The highest BCUT2D eigenvalue weighted by Gasteiger charge is 2.12. The van der Waals surface area contributed by atoms with Crippen LogP contribution >= 0.6 is 11.3 Å². The molecule has 0 aliphatic rings. The largest absolute Gasteiger partial charge is 0.326 e. The minimum absolute atomic E-state index is 0.103. The minimum atomic E-state index is -0.415. The van der Waals surface area contributed by atoms with Gasteiger partial charge < -0.3 is 5.32 Å². The third-order valence-corrected chi connectivity index (χ3v) is 4.96. The van der Waals surface area contributed by atoms with E-state index in [4.69, 9.17) is 0 Å². The summed E-state index contributed by atoms with van der Waals surface area (Å²) in [6.07, 6.45) is 1.57. The van der Waals surface area contributed by atoms with Gasteiger partial charge in [-0.15, -0.1) is 11.3 Å². The highest BCUT2D eigenvalue weighted by atomic mass is 32.1. The average Bonchev–Trinajstić information content (AvgIpc) is 2.82. The zero-order valence-corrected chi connectivity index (χ0v) is 14.1. The maximum atomic E-state index is 13.1. The summed E-state index contributed by atoms with van der Waals surface area (Å²) in [6.45, 7) is 4.08. The van der Waals surface area contributed by atoms with Gasteiger partial charge in [-0.25, -0.2) is 9.37 Å². The van der Waals surface area contributed by atoms with Gasteiger partial charge in [0.2, 0.25) is 5.91 Å². The fourth-order valence-corrected chi connectivity index (χ4v) is 3.43. The van der Waals surface area contributed by atoms with E-state index in [-0.39, 0.29) is 24.4 Å². The lowest BCUT2D eigenvalue weighted by Crippen LogP contribution is -2.23. The number of halogens is 1. The van der Waals surface area contributed by atoms with Crippen LogP contribution in [0.25, 0.3) is 10.2 Å². The lowest BCUT2D eigenvalue weighted by molar-refractivity contribution is -0.116. The lowest BCUT2D eigenvalue weighted by atomic mass is 10.2. The molecule has 3 rings (SSSR count). The Labute approximate surface area is 141 Å². The van der Waals surface area contributed by atoms with Crippen LogP contribution in [0.3, 0.4) is 0 Å². The summed E-state index contributed by atoms with van der Waals surface area (Å²) >= 11 is 1.49. The molecule has 2 aromatic heterocycles. The monoisotopic (exact) mass is 345 g/mol. The molecular weight excluding hydrogens is 329 g/mol. The Morgan fingerprint density at radius 3 is 2.92 bits per heavy atom. The molecule has 0 atom stereocenters. The highest BCUT2D eigenvalue weighted by Crippen LogP contribution is 2.25. The van der Waals surface area contributed by atoms with Crippen molar-refractivity contribution in [3.63, 3.8) is 0 Å². The molecule has 7 heteroatoms. The Kier molecular flexibility index (Phi) is 4.44. The normalized spacial score (nSPS) is 11.0. The Bertz CT molecular complexity index is 978. The van der Waals surface area contributed by atoms with Gasteiger partial charge in [0, 0.05) is 23.5 Å². The molecule has 1 aromatic carbocycles. The van der Waals surface area contributed by atoms with Crippen LogP contribution in [0, 0.1) is 19.7 Å². The molecule has 24 heavy (non-hydrogen) atoms. The number of aromatic nitrogens is 2. The summed E-state index contributed by atoms with van der Waals surface area (Å²) in [4.78, 5) is 30.6. The SMILES string of the molecule is Cc1sc2ncn(CCC(=O)Nc3cccc(F)c3)c(=O)c2c1C. The summed E-state index contributed by atoms with van der Waals surface area (Å²) in [7, 11) is 0. The summed E-state index contributed by atoms with van der Waals surface area (Å²) in [5, 5.41) is 3.23. The number of carbonyl (C=O) groups excluding carboxylic acids is 1. The number of thiophene rings is 1. The van der Waals surface area contributed by atoms with Gasteiger partial charge in [0.05, 0.1) is 11.7 Å². The summed E-state index contributed by atoms with van der Waals surface area (Å²) in [5.74, 6) is -0.701. The van der Waals surface area contributed by atoms with Gasteiger partial charge >= 0.3 is 0 Å². The first-order valence-electron chi connectivity index (χ1n) is 7.46. The molecule has 0 saturated heterocycles. The lowest BCUT2D eigenvalue weighted by Gasteiger charge is -2.07. The molecule has 0 aliphatic carbocycles.